The monoisotopic (exact) mass is 221 g/mol. The summed E-state index contributed by atoms with van der Waals surface area (Å²) in [7, 11) is 0. The second kappa shape index (κ2) is 4.61. The highest BCUT2D eigenvalue weighted by atomic mass is 19.1. The molecule has 0 radical (unpaired) electrons. The van der Waals surface area contributed by atoms with E-state index < -0.39 is 6.17 Å². The van der Waals surface area contributed by atoms with Crippen molar-refractivity contribution in [1.82, 2.24) is 9.55 Å². The topological polar surface area (TPSA) is 43.8 Å². The van der Waals surface area contributed by atoms with Crippen LogP contribution in [0.1, 0.15) is 12.7 Å². The van der Waals surface area contributed by atoms with E-state index >= 15 is 0 Å². The van der Waals surface area contributed by atoms with Gasteiger partial charge in [0, 0.05) is 19.5 Å². The van der Waals surface area contributed by atoms with Crippen molar-refractivity contribution >= 4 is 11.0 Å². The van der Waals surface area contributed by atoms with Gasteiger partial charge in [-0.15, -0.1) is 0 Å². The summed E-state index contributed by atoms with van der Waals surface area (Å²) in [5.41, 5.74) is 7.27. The van der Waals surface area contributed by atoms with Crippen LogP contribution in [0.4, 0.5) is 4.39 Å². The molecule has 86 valence electrons. The van der Waals surface area contributed by atoms with Crippen molar-refractivity contribution in [3.63, 3.8) is 0 Å². The molecule has 4 heteroatoms. The van der Waals surface area contributed by atoms with E-state index in [1.165, 1.54) is 0 Å². The smallest absolute Gasteiger partial charge is 0.119 e. The molecule has 0 bridgehead atoms. The average Bonchev–Trinajstić information content (AvgIpc) is 2.65. The number of halogens is 1. The molecular weight excluding hydrogens is 205 g/mol. The van der Waals surface area contributed by atoms with E-state index in [0.717, 1.165) is 23.4 Å². The molecule has 0 aliphatic heterocycles. The number of para-hydroxylation sites is 2. The Hall–Kier alpha value is -1.42. The van der Waals surface area contributed by atoms with Crippen LogP contribution in [0.2, 0.25) is 0 Å². The summed E-state index contributed by atoms with van der Waals surface area (Å²) < 4.78 is 15.3. The predicted octanol–water partition coefficient (Wildman–Crippen LogP) is 1.90. The van der Waals surface area contributed by atoms with E-state index in [1.807, 2.05) is 35.8 Å². The Kier molecular flexibility index (Phi) is 3.19. The molecule has 2 N–H and O–H groups in total. The lowest BCUT2D eigenvalue weighted by Gasteiger charge is -2.07. The molecule has 1 atom stereocenters. The molecule has 1 unspecified atom stereocenters. The van der Waals surface area contributed by atoms with Crippen LogP contribution in [0.15, 0.2) is 24.3 Å². The third-order valence-electron chi connectivity index (χ3n) is 2.71. The van der Waals surface area contributed by atoms with Gasteiger partial charge in [-0.3, -0.25) is 0 Å². The molecule has 0 amide bonds. The second-order valence-corrected chi connectivity index (χ2v) is 3.80. The lowest BCUT2D eigenvalue weighted by Crippen LogP contribution is -2.19. The molecule has 0 saturated carbocycles. The Morgan fingerprint density at radius 1 is 1.44 bits per heavy atom. The Balaban J connectivity index is 2.44. The van der Waals surface area contributed by atoms with Gasteiger partial charge >= 0.3 is 0 Å². The molecule has 0 fully saturated rings. The first kappa shape index (κ1) is 11.1. The van der Waals surface area contributed by atoms with E-state index in [4.69, 9.17) is 5.73 Å². The van der Waals surface area contributed by atoms with Gasteiger partial charge in [0.05, 0.1) is 11.0 Å². The van der Waals surface area contributed by atoms with Crippen molar-refractivity contribution in [2.45, 2.75) is 26.1 Å². The summed E-state index contributed by atoms with van der Waals surface area (Å²) >= 11 is 0. The summed E-state index contributed by atoms with van der Waals surface area (Å²) in [4.78, 5) is 4.44. The molecule has 2 rings (SSSR count). The third kappa shape index (κ3) is 1.93. The Morgan fingerprint density at radius 3 is 2.88 bits per heavy atom. The van der Waals surface area contributed by atoms with Gasteiger partial charge in [-0.2, -0.15) is 0 Å². The van der Waals surface area contributed by atoms with E-state index in [2.05, 4.69) is 4.98 Å². The van der Waals surface area contributed by atoms with Crippen molar-refractivity contribution in [3.05, 3.63) is 30.1 Å². The number of rotatable bonds is 4. The van der Waals surface area contributed by atoms with E-state index in [1.54, 1.807) is 0 Å². The average molecular weight is 221 g/mol. The molecule has 0 spiro atoms. The first-order chi connectivity index (χ1) is 7.76. The normalized spacial score (nSPS) is 13.2. The van der Waals surface area contributed by atoms with Crippen LogP contribution in [-0.2, 0) is 13.0 Å². The maximum atomic E-state index is 13.3. The van der Waals surface area contributed by atoms with Gasteiger partial charge in [0.1, 0.15) is 12.0 Å². The van der Waals surface area contributed by atoms with Crippen LogP contribution < -0.4 is 5.73 Å². The molecule has 1 aromatic carbocycles. The van der Waals surface area contributed by atoms with Crippen LogP contribution in [0.5, 0.6) is 0 Å². The highest BCUT2D eigenvalue weighted by molar-refractivity contribution is 5.75. The SMILES string of the molecule is CCn1c(CC(F)CN)nc2ccccc21. The second-order valence-electron chi connectivity index (χ2n) is 3.80. The zero-order valence-electron chi connectivity index (χ0n) is 9.36. The van der Waals surface area contributed by atoms with Gasteiger partial charge in [-0.05, 0) is 19.1 Å². The number of benzene rings is 1. The number of nitrogens with two attached hydrogens (primary N) is 1. The number of imidazole rings is 1. The molecule has 0 saturated heterocycles. The maximum absolute atomic E-state index is 13.3. The summed E-state index contributed by atoms with van der Waals surface area (Å²) in [5, 5.41) is 0. The summed E-state index contributed by atoms with van der Waals surface area (Å²) in [6, 6.07) is 7.86. The zero-order chi connectivity index (χ0) is 11.5. The minimum Gasteiger partial charge on any atom is -0.328 e. The van der Waals surface area contributed by atoms with Crippen LogP contribution in [-0.4, -0.2) is 22.3 Å². The number of aromatic nitrogens is 2. The maximum Gasteiger partial charge on any atom is 0.119 e. The molecular formula is C12H16FN3. The Bertz CT molecular complexity index is 478. The van der Waals surface area contributed by atoms with Gasteiger partial charge < -0.3 is 10.3 Å². The number of fused-ring (bicyclic) bond motifs is 1. The van der Waals surface area contributed by atoms with Gasteiger partial charge in [0.15, 0.2) is 0 Å². The third-order valence-corrected chi connectivity index (χ3v) is 2.71. The lowest BCUT2D eigenvalue weighted by atomic mass is 10.2. The van der Waals surface area contributed by atoms with Crippen LogP contribution >= 0.6 is 0 Å². The van der Waals surface area contributed by atoms with Crippen molar-refractivity contribution in [3.8, 4) is 0 Å². The highest BCUT2D eigenvalue weighted by Gasteiger charge is 2.13. The molecule has 1 heterocycles. The molecule has 1 aromatic heterocycles. The summed E-state index contributed by atoms with van der Waals surface area (Å²) in [5.74, 6) is 0.779. The highest BCUT2D eigenvalue weighted by Crippen LogP contribution is 2.17. The molecule has 2 aromatic rings. The van der Waals surface area contributed by atoms with Gasteiger partial charge in [-0.1, -0.05) is 12.1 Å². The number of aryl methyl sites for hydroxylation is 1. The van der Waals surface area contributed by atoms with E-state index in [-0.39, 0.29) is 6.54 Å². The number of alkyl halides is 1. The molecule has 0 aliphatic rings. The number of nitrogens with zero attached hydrogens (tertiary/aromatic N) is 2. The van der Waals surface area contributed by atoms with Crippen LogP contribution in [0.25, 0.3) is 11.0 Å². The fourth-order valence-corrected chi connectivity index (χ4v) is 1.92. The lowest BCUT2D eigenvalue weighted by molar-refractivity contribution is 0.332. The van der Waals surface area contributed by atoms with Crippen molar-refractivity contribution in [1.29, 1.82) is 0 Å². The zero-order valence-corrected chi connectivity index (χ0v) is 9.36. The van der Waals surface area contributed by atoms with Crippen molar-refractivity contribution in [2.24, 2.45) is 5.73 Å². The number of hydrogen-bond donors (Lipinski definition) is 1. The summed E-state index contributed by atoms with van der Waals surface area (Å²) in [6.07, 6.45) is -0.721. The molecule has 0 aliphatic carbocycles. The van der Waals surface area contributed by atoms with Crippen molar-refractivity contribution in [2.75, 3.05) is 6.54 Å². The van der Waals surface area contributed by atoms with Gasteiger partial charge in [0.25, 0.3) is 0 Å². The first-order valence-corrected chi connectivity index (χ1v) is 5.54. The minimum atomic E-state index is -1.01. The van der Waals surface area contributed by atoms with Crippen LogP contribution in [0.3, 0.4) is 0 Å². The van der Waals surface area contributed by atoms with Gasteiger partial charge in [0.2, 0.25) is 0 Å². The largest absolute Gasteiger partial charge is 0.328 e. The van der Waals surface area contributed by atoms with E-state index in [0.29, 0.717) is 6.42 Å². The standard InChI is InChI=1S/C12H16FN3/c1-2-16-11-6-4-3-5-10(11)15-12(16)7-9(13)8-14/h3-6,9H,2,7-8,14H2,1H3. The predicted molar refractivity (Wildman–Crippen MR) is 63.1 cm³/mol. The minimum absolute atomic E-state index is 0.0485. The fourth-order valence-electron chi connectivity index (χ4n) is 1.92. The first-order valence-electron chi connectivity index (χ1n) is 5.54. The summed E-state index contributed by atoms with van der Waals surface area (Å²) in [6.45, 7) is 2.88. The van der Waals surface area contributed by atoms with Crippen molar-refractivity contribution < 1.29 is 4.39 Å². The molecule has 16 heavy (non-hydrogen) atoms. The van der Waals surface area contributed by atoms with Gasteiger partial charge in [-0.25, -0.2) is 9.37 Å². The fraction of sp³-hybridized carbons (Fsp3) is 0.417. The number of hydrogen-bond acceptors (Lipinski definition) is 2. The van der Waals surface area contributed by atoms with Crippen LogP contribution in [0, 0.1) is 0 Å². The Morgan fingerprint density at radius 2 is 2.19 bits per heavy atom. The Labute approximate surface area is 94.1 Å². The molecule has 3 nitrogen and oxygen atoms in total. The van der Waals surface area contributed by atoms with E-state index in [9.17, 15) is 4.39 Å². The quantitative estimate of drug-likeness (QED) is 0.856.